The van der Waals surface area contributed by atoms with Gasteiger partial charge in [-0.3, -0.25) is 0 Å². The summed E-state index contributed by atoms with van der Waals surface area (Å²) in [5.74, 6) is 2.93. The molecule has 14 heavy (non-hydrogen) atoms. The Kier molecular flexibility index (Phi) is 3.16. The molecule has 1 aliphatic heterocycles. The molecule has 1 heteroatoms. The first-order valence-electron chi connectivity index (χ1n) is 6.38. The van der Waals surface area contributed by atoms with Gasteiger partial charge in [-0.15, -0.1) is 0 Å². The van der Waals surface area contributed by atoms with Gasteiger partial charge in [-0.05, 0) is 37.6 Å². The molecule has 1 saturated carbocycles. The summed E-state index contributed by atoms with van der Waals surface area (Å²) in [4.78, 5) is 2.62. The minimum absolute atomic E-state index is 0.836. The molecule has 0 aromatic rings. The summed E-state index contributed by atoms with van der Waals surface area (Å²) in [6.45, 7) is 6.13. The van der Waals surface area contributed by atoms with Crippen molar-refractivity contribution in [2.45, 2.75) is 52.0 Å². The number of likely N-dealkylation sites (tertiary alicyclic amines) is 1. The van der Waals surface area contributed by atoms with E-state index in [2.05, 4.69) is 25.8 Å². The molecule has 0 amide bonds. The first-order chi connectivity index (χ1) is 6.68. The normalized spacial score (nSPS) is 39.9. The van der Waals surface area contributed by atoms with Crippen LogP contribution in [0.25, 0.3) is 0 Å². The van der Waals surface area contributed by atoms with Crippen molar-refractivity contribution in [3.8, 4) is 0 Å². The van der Waals surface area contributed by atoms with Crippen LogP contribution in [0.2, 0.25) is 0 Å². The van der Waals surface area contributed by atoms with Crippen molar-refractivity contribution in [1.29, 1.82) is 0 Å². The maximum atomic E-state index is 2.62. The Morgan fingerprint density at radius 1 is 1.07 bits per heavy atom. The molecule has 3 atom stereocenters. The van der Waals surface area contributed by atoms with Gasteiger partial charge in [0, 0.05) is 12.6 Å². The summed E-state index contributed by atoms with van der Waals surface area (Å²) >= 11 is 0. The van der Waals surface area contributed by atoms with Crippen LogP contribution >= 0.6 is 0 Å². The number of rotatable bonds is 1. The van der Waals surface area contributed by atoms with Crippen molar-refractivity contribution in [3.63, 3.8) is 0 Å². The third kappa shape index (κ3) is 1.98. The molecule has 1 nitrogen and oxygen atoms in total. The number of hydrogen-bond donors (Lipinski definition) is 0. The zero-order valence-corrected chi connectivity index (χ0v) is 10.00. The van der Waals surface area contributed by atoms with E-state index in [9.17, 15) is 0 Å². The standard InChI is InChI=1S/C13H25N/c1-10(2)13-8-11-6-4-5-7-12(11)9-14(13)3/h10-13H,4-9H2,1-3H3/t11-,12+,13+/m0/s1. The van der Waals surface area contributed by atoms with Crippen molar-refractivity contribution in [3.05, 3.63) is 0 Å². The highest BCUT2D eigenvalue weighted by Crippen LogP contribution is 2.39. The van der Waals surface area contributed by atoms with E-state index < -0.39 is 0 Å². The van der Waals surface area contributed by atoms with Gasteiger partial charge >= 0.3 is 0 Å². The smallest absolute Gasteiger partial charge is 0.0118 e. The molecule has 2 fully saturated rings. The highest BCUT2D eigenvalue weighted by atomic mass is 15.1. The van der Waals surface area contributed by atoms with Gasteiger partial charge in [0.05, 0.1) is 0 Å². The van der Waals surface area contributed by atoms with Gasteiger partial charge < -0.3 is 4.90 Å². The lowest BCUT2D eigenvalue weighted by molar-refractivity contribution is 0.0365. The summed E-state index contributed by atoms with van der Waals surface area (Å²) in [6, 6.07) is 0.856. The SMILES string of the molecule is CC(C)[C@H]1C[C@@H]2CCCC[C@@H]2CN1C. The second-order valence-corrected chi connectivity index (χ2v) is 5.79. The summed E-state index contributed by atoms with van der Waals surface area (Å²) < 4.78 is 0. The fourth-order valence-electron chi connectivity index (χ4n) is 3.61. The van der Waals surface area contributed by atoms with Gasteiger partial charge in [-0.1, -0.05) is 33.1 Å². The molecule has 0 aromatic heterocycles. The highest BCUT2D eigenvalue weighted by Gasteiger charge is 2.35. The second-order valence-electron chi connectivity index (χ2n) is 5.79. The lowest BCUT2D eigenvalue weighted by Crippen LogP contribution is -2.48. The Morgan fingerprint density at radius 3 is 2.36 bits per heavy atom. The van der Waals surface area contributed by atoms with E-state index in [0.717, 1.165) is 23.8 Å². The van der Waals surface area contributed by atoms with Gasteiger partial charge in [-0.2, -0.15) is 0 Å². The van der Waals surface area contributed by atoms with Crippen LogP contribution in [0.4, 0.5) is 0 Å². The van der Waals surface area contributed by atoms with Crippen LogP contribution in [0.1, 0.15) is 46.0 Å². The summed E-state index contributed by atoms with van der Waals surface area (Å²) in [6.07, 6.45) is 7.47. The third-order valence-electron chi connectivity index (χ3n) is 4.47. The van der Waals surface area contributed by atoms with E-state index in [1.54, 1.807) is 0 Å². The van der Waals surface area contributed by atoms with Crippen molar-refractivity contribution < 1.29 is 0 Å². The van der Waals surface area contributed by atoms with E-state index in [1.807, 2.05) is 0 Å². The molecule has 0 radical (unpaired) electrons. The molecule has 0 unspecified atom stereocenters. The van der Waals surface area contributed by atoms with Crippen LogP contribution in [0.3, 0.4) is 0 Å². The molecule has 0 aromatic carbocycles. The minimum Gasteiger partial charge on any atom is -0.303 e. The van der Waals surface area contributed by atoms with E-state index in [0.29, 0.717) is 0 Å². The van der Waals surface area contributed by atoms with Crippen molar-refractivity contribution in [2.75, 3.05) is 13.6 Å². The van der Waals surface area contributed by atoms with Crippen LogP contribution in [0.5, 0.6) is 0 Å². The molecule has 0 N–H and O–H groups in total. The Morgan fingerprint density at radius 2 is 1.71 bits per heavy atom. The maximum absolute atomic E-state index is 2.62. The number of piperidine rings is 1. The van der Waals surface area contributed by atoms with Crippen LogP contribution < -0.4 is 0 Å². The fourth-order valence-corrected chi connectivity index (χ4v) is 3.61. The first kappa shape index (κ1) is 10.5. The molecule has 0 bridgehead atoms. The molecule has 1 aliphatic carbocycles. The summed E-state index contributed by atoms with van der Waals surface area (Å²) in [5, 5.41) is 0. The zero-order chi connectivity index (χ0) is 10.1. The Bertz CT molecular complexity index is 188. The predicted molar refractivity (Wildman–Crippen MR) is 61.3 cm³/mol. The van der Waals surface area contributed by atoms with Crippen LogP contribution in [0.15, 0.2) is 0 Å². The molecule has 1 heterocycles. The van der Waals surface area contributed by atoms with E-state index in [4.69, 9.17) is 0 Å². The Balaban J connectivity index is 1.99. The monoisotopic (exact) mass is 195 g/mol. The summed E-state index contributed by atoms with van der Waals surface area (Å²) in [7, 11) is 2.33. The van der Waals surface area contributed by atoms with E-state index >= 15 is 0 Å². The van der Waals surface area contributed by atoms with Crippen LogP contribution in [-0.4, -0.2) is 24.5 Å². The van der Waals surface area contributed by atoms with Crippen molar-refractivity contribution in [1.82, 2.24) is 4.90 Å². The van der Waals surface area contributed by atoms with Gasteiger partial charge in [-0.25, -0.2) is 0 Å². The highest BCUT2D eigenvalue weighted by molar-refractivity contribution is 4.88. The number of nitrogens with zero attached hydrogens (tertiary/aromatic N) is 1. The lowest BCUT2D eigenvalue weighted by atomic mass is 9.71. The average Bonchev–Trinajstić information content (AvgIpc) is 2.16. The third-order valence-corrected chi connectivity index (χ3v) is 4.47. The van der Waals surface area contributed by atoms with E-state index in [-0.39, 0.29) is 0 Å². The molecule has 2 rings (SSSR count). The van der Waals surface area contributed by atoms with Crippen molar-refractivity contribution >= 4 is 0 Å². The minimum atomic E-state index is 0.836. The van der Waals surface area contributed by atoms with Gasteiger partial charge in [0.1, 0.15) is 0 Å². The quantitative estimate of drug-likeness (QED) is 0.621. The predicted octanol–water partition coefficient (Wildman–Crippen LogP) is 3.15. The second kappa shape index (κ2) is 4.22. The lowest BCUT2D eigenvalue weighted by Gasteiger charge is -2.46. The van der Waals surface area contributed by atoms with Gasteiger partial charge in [0.25, 0.3) is 0 Å². The fraction of sp³-hybridized carbons (Fsp3) is 1.00. The Labute approximate surface area is 88.9 Å². The van der Waals surface area contributed by atoms with Crippen LogP contribution in [0, 0.1) is 17.8 Å². The van der Waals surface area contributed by atoms with Crippen LogP contribution in [-0.2, 0) is 0 Å². The molecular weight excluding hydrogens is 170 g/mol. The molecule has 0 spiro atoms. The Hall–Kier alpha value is -0.0400. The first-order valence-corrected chi connectivity index (χ1v) is 6.38. The molecular formula is C13H25N. The van der Waals surface area contributed by atoms with Crippen molar-refractivity contribution in [2.24, 2.45) is 17.8 Å². The van der Waals surface area contributed by atoms with E-state index in [1.165, 1.54) is 38.6 Å². The molecule has 82 valence electrons. The average molecular weight is 195 g/mol. The summed E-state index contributed by atoms with van der Waals surface area (Å²) in [5.41, 5.74) is 0. The van der Waals surface area contributed by atoms with Gasteiger partial charge in [0.15, 0.2) is 0 Å². The number of hydrogen-bond acceptors (Lipinski definition) is 1. The zero-order valence-electron chi connectivity index (χ0n) is 10.00. The largest absolute Gasteiger partial charge is 0.303 e. The number of fused-ring (bicyclic) bond motifs is 1. The molecule has 2 aliphatic rings. The topological polar surface area (TPSA) is 3.24 Å². The van der Waals surface area contributed by atoms with Gasteiger partial charge in [0.2, 0.25) is 0 Å². The molecule has 1 saturated heterocycles. The maximum Gasteiger partial charge on any atom is 0.0118 e.